The van der Waals surface area contributed by atoms with Gasteiger partial charge in [-0.2, -0.15) is 13.2 Å². The highest BCUT2D eigenvalue weighted by Crippen LogP contribution is 2.36. The number of rotatable bonds is 7. The number of benzene rings is 1. The minimum absolute atomic E-state index is 0.160. The molecule has 0 spiro atoms. The van der Waals surface area contributed by atoms with Gasteiger partial charge in [0.2, 0.25) is 15.8 Å². The van der Waals surface area contributed by atoms with Crippen molar-refractivity contribution in [1.82, 2.24) is 14.3 Å². The van der Waals surface area contributed by atoms with Gasteiger partial charge in [0.15, 0.2) is 0 Å². The van der Waals surface area contributed by atoms with Gasteiger partial charge >= 0.3 is 12.2 Å². The Morgan fingerprint density at radius 3 is 2.45 bits per heavy atom. The zero-order chi connectivity index (χ0) is 23.0. The molecule has 1 atom stereocenters. The highest BCUT2D eigenvalue weighted by Gasteiger charge is 2.42. The van der Waals surface area contributed by atoms with Crippen LogP contribution < -0.4 is 9.46 Å². The van der Waals surface area contributed by atoms with E-state index in [0.29, 0.717) is 18.0 Å². The summed E-state index contributed by atoms with van der Waals surface area (Å²) < 4.78 is 79.2. The van der Waals surface area contributed by atoms with Gasteiger partial charge < -0.3 is 9.15 Å². The summed E-state index contributed by atoms with van der Waals surface area (Å²) in [6.07, 6.45) is -3.52. The summed E-state index contributed by atoms with van der Waals surface area (Å²) in [7, 11) is -4.53. The van der Waals surface area contributed by atoms with Crippen LogP contribution in [0.25, 0.3) is 0 Å². The number of furan rings is 1. The molecule has 1 N–H and O–H groups in total. The molecule has 0 saturated carbocycles. The summed E-state index contributed by atoms with van der Waals surface area (Å²) in [5.41, 5.74) is 1.49. The van der Waals surface area contributed by atoms with Crippen molar-refractivity contribution < 1.29 is 30.7 Å². The second-order valence-corrected chi connectivity index (χ2v) is 8.70. The van der Waals surface area contributed by atoms with Crippen molar-refractivity contribution in [2.75, 3.05) is 0 Å². The van der Waals surface area contributed by atoms with Gasteiger partial charge in [-0.3, -0.25) is 4.57 Å². The Morgan fingerprint density at radius 1 is 1.23 bits per heavy atom. The lowest BCUT2D eigenvalue weighted by Gasteiger charge is -2.17. The molecule has 0 amide bonds. The lowest BCUT2D eigenvalue weighted by Crippen LogP contribution is -2.29. The molecular weight excluding hydrogens is 435 g/mol. The number of sulfonamides is 1. The van der Waals surface area contributed by atoms with Crippen LogP contribution in [0.5, 0.6) is 11.8 Å². The number of aromatic nitrogens is 2. The number of nitrogens with one attached hydrogen (secondary N) is 1. The SMILES string of the molecule is CCn1c(C(C)NS(=O)(=O)c2cc(C)oc2C(F)(F)F)cnc1Oc1ccc(C)cc1. The Bertz CT molecular complexity index is 1170. The molecule has 11 heteroatoms. The first kappa shape index (κ1) is 22.9. The van der Waals surface area contributed by atoms with E-state index in [1.807, 2.05) is 26.0 Å². The Kier molecular flexibility index (Phi) is 6.19. The summed E-state index contributed by atoms with van der Waals surface area (Å²) in [5, 5.41) is 0. The van der Waals surface area contributed by atoms with Crippen molar-refractivity contribution in [3.63, 3.8) is 0 Å². The van der Waals surface area contributed by atoms with Gasteiger partial charge in [0.1, 0.15) is 16.4 Å². The van der Waals surface area contributed by atoms with Crippen molar-refractivity contribution in [1.29, 1.82) is 0 Å². The topological polar surface area (TPSA) is 86.4 Å². The largest absolute Gasteiger partial charge is 0.455 e. The maximum absolute atomic E-state index is 13.2. The zero-order valence-electron chi connectivity index (χ0n) is 17.3. The fourth-order valence-corrected chi connectivity index (χ4v) is 4.51. The summed E-state index contributed by atoms with van der Waals surface area (Å²) in [6.45, 7) is 6.92. The molecule has 7 nitrogen and oxygen atoms in total. The molecular formula is C20H22F3N3O4S. The van der Waals surface area contributed by atoms with E-state index in [1.54, 1.807) is 16.7 Å². The van der Waals surface area contributed by atoms with Crippen LogP contribution in [-0.4, -0.2) is 18.0 Å². The molecule has 0 radical (unpaired) electrons. The number of alkyl halides is 3. The molecule has 1 aromatic carbocycles. The lowest BCUT2D eigenvalue weighted by atomic mass is 10.2. The normalized spacial score (nSPS) is 13.4. The third-order valence-corrected chi connectivity index (χ3v) is 6.09. The van der Waals surface area contributed by atoms with Crippen LogP contribution in [0.1, 0.15) is 42.7 Å². The van der Waals surface area contributed by atoms with Gasteiger partial charge in [-0.1, -0.05) is 17.7 Å². The average molecular weight is 457 g/mol. The van der Waals surface area contributed by atoms with Crippen LogP contribution in [0.2, 0.25) is 0 Å². The van der Waals surface area contributed by atoms with Crippen molar-refractivity contribution >= 4 is 10.0 Å². The van der Waals surface area contributed by atoms with Crippen LogP contribution in [0.3, 0.4) is 0 Å². The first-order valence-electron chi connectivity index (χ1n) is 9.42. The number of hydrogen-bond acceptors (Lipinski definition) is 5. The molecule has 0 saturated heterocycles. The predicted molar refractivity (Wildman–Crippen MR) is 106 cm³/mol. The third-order valence-electron chi connectivity index (χ3n) is 4.54. The van der Waals surface area contributed by atoms with E-state index < -0.39 is 32.9 Å². The van der Waals surface area contributed by atoms with Gasteiger partial charge in [-0.25, -0.2) is 18.1 Å². The van der Waals surface area contributed by atoms with E-state index in [4.69, 9.17) is 4.74 Å². The maximum Gasteiger partial charge on any atom is 0.450 e. The predicted octanol–water partition coefficient (Wildman–Crippen LogP) is 4.96. The van der Waals surface area contributed by atoms with Gasteiger partial charge in [0, 0.05) is 12.6 Å². The summed E-state index contributed by atoms with van der Waals surface area (Å²) in [6, 6.07) is 7.49. The van der Waals surface area contributed by atoms with Gasteiger partial charge in [-0.15, -0.1) is 0 Å². The molecule has 0 aliphatic heterocycles. The summed E-state index contributed by atoms with van der Waals surface area (Å²) in [5.74, 6) is -1.17. The quantitative estimate of drug-likeness (QED) is 0.542. The highest BCUT2D eigenvalue weighted by molar-refractivity contribution is 7.89. The molecule has 168 valence electrons. The van der Waals surface area contributed by atoms with Crippen molar-refractivity contribution in [2.45, 2.75) is 51.4 Å². The number of ether oxygens (including phenoxy) is 1. The second kappa shape index (κ2) is 8.39. The Morgan fingerprint density at radius 2 is 1.87 bits per heavy atom. The highest BCUT2D eigenvalue weighted by atomic mass is 32.2. The van der Waals surface area contributed by atoms with Crippen LogP contribution in [0, 0.1) is 13.8 Å². The van der Waals surface area contributed by atoms with Crippen LogP contribution in [-0.2, 0) is 22.7 Å². The van der Waals surface area contributed by atoms with E-state index in [1.165, 1.54) is 20.0 Å². The fourth-order valence-electron chi connectivity index (χ4n) is 3.07. The Balaban J connectivity index is 1.88. The van der Waals surface area contributed by atoms with Crippen LogP contribution in [0.15, 0.2) is 45.8 Å². The molecule has 0 fully saturated rings. The van der Waals surface area contributed by atoms with Crippen molar-refractivity contribution in [3.05, 3.63) is 59.3 Å². The maximum atomic E-state index is 13.2. The lowest BCUT2D eigenvalue weighted by molar-refractivity contribution is -0.155. The molecule has 2 heterocycles. The second-order valence-electron chi connectivity index (χ2n) is 7.02. The first-order chi connectivity index (χ1) is 14.4. The number of imidazole rings is 1. The molecule has 1 unspecified atom stereocenters. The molecule has 0 bridgehead atoms. The number of nitrogens with zero attached hydrogens (tertiary/aromatic N) is 2. The number of aryl methyl sites for hydroxylation is 2. The van der Waals surface area contributed by atoms with Crippen LogP contribution >= 0.6 is 0 Å². The average Bonchev–Trinajstić information content (AvgIpc) is 3.27. The molecule has 3 rings (SSSR count). The fraction of sp³-hybridized carbons (Fsp3) is 0.350. The monoisotopic (exact) mass is 457 g/mol. The molecule has 2 aromatic heterocycles. The first-order valence-corrected chi connectivity index (χ1v) is 10.9. The van der Waals surface area contributed by atoms with E-state index in [9.17, 15) is 21.6 Å². The van der Waals surface area contributed by atoms with Crippen LogP contribution in [0.4, 0.5) is 13.2 Å². The van der Waals surface area contributed by atoms with Crippen molar-refractivity contribution in [3.8, 4) is 11.8 Å². The summed E-state index contributed by atoms with van der Waals surface area (Å²) in [4.78, 5) is 3.24. The standard InChI is InChI=1S/C20H22F3N3O4S/c1-5-26-16(11-24-19(26)30-15-8-6-12(2)7-9-15)14(4)25-31(27,28)17-10-13(3)29-18(17)20(21,22)23/h6-11,14,25H,5H2,1-4H3. The van der Waals surface area contributed by atoms with Gasteiger partial charge in [0.05, 0.1) is 17.9 Å². The number of halogens is 3. The Hall–Kier alpha value is -2.79. The molecule has 0 aliphatic carbocycles. The van der Waals surface area contributed by atoms with Crippen molar-refractivity contribution in [2.24, 2.45) is 0 Å². The molecule has 31 heavy (non-hydrogen) atoms. The summed E-state index contributed by atoms with van der Waals surface area (Å²) >= 11 is 0. The smallest absolute Gasteiger partial charge is 0.450 e. The minimum atomic E-state index is -4.94. The molecule has 0 aliphatic rings. The molecule has 3 aromatic rings. The minimum Gasteiger partial charge on any atom is -0.455 e. The van der Waals surface area contributed by atoms with E-state index in [2.05, 4.69) is 14.1 Å². The Labute approximate surface area is 177 Å². The number of hydrogen-bond donors (Lipinski definition) is 1. The van der Waals surface area contributed by atoms with Gasteiger partial charge in [-0.05, 0) is 39.8 Å². The van der Waals surface area contributed by atoms with E-state index in [-0.39, 0.29) is 11.8 Å². The van der Waals surface area contributed by atoms with E-state index >= 15 is 0 Å². The third kappa shape index (κ3) is 4.93. The zero-order valence-corrected chi connectivity index (χ0v) is 18.1. The van der Waals surface area contributed by atoms with E-state index in [0.717, 1.165) is 11.6 Å². The van der Waals surface area contributed by atoms with Gasteiger partial charge in [0.25, 0.3) is 0 Å².